The third-order valence-corrected chi connectivity index (χ3v) is 1.78. The quantitative estimate of drug-likeness (QED) is 0.535. The van der Waals surface area contributed by atoms with E-state index in [0.29, 0.717) is 0 Å². The maximum Gasteiger partial charge on any atom is 0.237 e. The van der Waals surface area contributed by atoms with Crippen LogP contribution in [0.2, 0.25) is 0 Å². The monoisotopic (exact) mass is 142 g/mol. The van der Waals surface area contributed by atoms with Gasteiger partial charge >= 0.3 is 0 Å². The maximum absolute atomic E-state index is 11.1. The van der Waals surface area contributed by atoms with Crippen LogP contribution in [0.3, 0.4) is 0 Å². The van der Waals surface area contributed by atoms with Gasteiger partial charge in [0.1, 0.15) is 0 Å². The summed E-state index contributed by atoms with van der Waals surface area (Å²) >= 11 is 0. The van der Waals surface area contributed by atoms with Gasteiger partial charge in [-0.1, -0.05) is 6.92 Å². The van der Waals surface area contributed by atoms with E-state index in [-0.39, 0.29) is 18.0 Å². The van der Waals surface area contributed by atoms with E-state index >= 15 is 0 Å². The van der Waals surface area contributed by atoms with Gasteiger partial charge in [-0.3, -0.25) is 4.79 Å². The first-order valence-corrected chi connectivity index (χ1v) is 3.77. The number of hydrogen-bond donors (Lipinski definition) is 2. The van der Waals surface area contributed by atoms with E-state index in [2.05, 4.69) is 10.6 Å². The summed E-state index contributed by atoms with van der Waals surface area (Å²) in [5.74, 6) is 0.140. The first kappa shape index (κ1) is 7.54. The van der Waals surface area contributed by atoms with Gasteiger partial charge in [-0.25, -0.2) is 0 Å². The van der Waals surface area contributed by atoms with E-state index in [1.807, 2.05) is 13.8 Å². The van der Waals surface area contributed by atoms with Gasteiger partial charge in [-0.05, 0) is 13.3 Å². The average Bonchev–Trinajstić information content (AvgIpc) is 1.88. The summed E-state index contributed by atoms with van der Waals surface area (Å²) < 4.78 is 0. The largest absolute Gasteiger partial charge is 0.351 e. The van der Waals surface area contributed by atoms with Crippen molar-refractivity contribution in [3.63, 3.8) is 0 Å². The summed E-state index contributed by atoms with van der Waals surface area (Å²) in [4.78, 5) is 11.1. The zero-order valence-corrected chi connectivity index (χ0v) is 6.48. The number of nitrogens with one attached hydrogen (secondary N) is 2. The van der Waals surface area contributed by atoms with Gasteiger partial charge in [0.2, 0.25) is 5.91 Å². The van der Waals surface area contributed by atoms with E-state index in [4.69, 9.17) is 0 Å². The third-order valence-electron chi connectivity index (χ3n) is 1.78. The van der Waals surface area contributed by atoms with Crippen LogP contribution in [0.5, 0.6) is 0 Å². The SMILES string of the molecule is CCC1NCC(C)NC1=O. The standard InChI is InChI=1S/C7H14N2O/c1-3-6-7(10)9-5(2)4-8-6/h5-6,8H,3-4H2,1-2H3,(H,9,10). The first-order valence-electron chi connectivity index (χ1n) is 3.77. The number of carbonyl (C=O) groups excluding carboxylic acids is 1. The van der Waals surface area contributed by atoms with Gasteiger partial charge in [0, 0.05) is 12.6 Å². The Morgan fingerprint density at radius 1 is 1.70 bits per heavy atom. The summed E-state index contributed by atoms with van der Waals surface area (Å²) in [6.07, 6.45) is 0.874. The van der Waals surface area contributed by atoms with Crippen molar-refractivity contribution in [3.8, 4) is 0 Å². The zero-order valence-electron chi connectivity index (χ0n) is 6.48. The molecular formula is C7H14N2O. The number of carbonyl (C=O) groups is 1. The predicted octanol–water partition coefficient (Wildman–Crippen LogP) is -0.127. The number of rotatable bonds is 1. The molecule has 1 amide bonds. The second kappa shape index (κ2) is 3.01. The Labute approximate surface area is 61.2 Å². The highest BCUT2D eigenvalue weighted by Crippen LogP contribution is 1.97. The molecule has 0 aromatic heterocycles. The summed E-state index contributed by atoms with van der Waals surface area (Å²) in [7, 11) is 0. The molecule has 0 radical (unpaired) electrons. The molecule has 3 heteroatoms. The molecule has 0 aromatic rings. The summed E-state index contributed by atoms with van der Waals surface area (Å²) in [5.41, 5.74) is 0. The van der Waals surface area contributed by atoms with Gasteiger partial charge in [-0.15, -0.1) is 0 Å². The molecule has 0 spiro atoms. The van der Waals surface area contributed by atoms with E-state index in [1.54, 1.807) is 0 Å². The highest BCUT2D eigenvalue weighted by molar-refractivity contribution is 5.82. The van der Waals surface area contributed by atoms with Crippen molar-refractivity contribution in [1.29, 1.82) is 0 Å². The zero-order chi connectivity index (χ0) is 7.56. The Morgan fingerprint density at radius 3 is 2.90 bits per heavy atom. The third kappa shape index (κ3) is 1.48. The molecule has 1 aliphatic rings. The van der Waals surface area contributed by atoms with Crippen LogP contribution in [0.1, 0.15) is 20.3 Å². The summed E-state index contributed by atoms with van der Waals surface area (Å²) in [6.45, 7) is 4.90. The van der Waals surface area contributed by atoms with Gasteiger partial charge in [0.15, 0.2) is 0 Å². The van der Waals surface area contributed by atoms with E-state index in [9.17, 15) is 4.79 Å². The molecule has 0 saturated carbocycles. The summed E-state index contributed by atoms with van der Waals surface area (Å²) in [5, 5.41) is 6.04. The highest BCUT2D eigenvalue weighted by atomic mass is 16.2. The molecule has 58 valence electrons. The lowest BCUT2D eigenvalue weighted by Gasteiger charge is -2.27. The maximum atomic E-state index is 11.1. The molecule has 3 nitrogen and oxygen atoms in total. The van der Waals surface area contributed by atoms with Crippen molar-refractivity contribution in [2.75, 3.05) is 6.54 Å². The molecule has 1 heterocycles. The predicted molar refractivity (Wildman–Crippen MR) is 39.7 cm³/mol. The van der Waals surface area contributed by atoms with Crippen molar-refractivity contribution in [1.82, 2.24) is 10.6 Å². The lowest BCUT2D eigenvalue weighted by Crippen LogP contribution is -2.56. The molecule has 1 saturated heterocycles. The topological polar surface area (TPSA) is 41.1 Å². The second-order valence-corrected chi connectivity index (χ2v) is 2.78. The highest BCUT2D eigenvalue weighted by Gasteiger charge is 2.22. The van der Waals surface area contributed by atoms with E-state index in [1.165, 1.54) is 0 Å². The van der Waals surface area contributed by atoms with Crippen molar-refractivity contribution >= 4 is 5.91 Å². The van der Waals surface area contributed by atoms with Gasteiger partial charge in [-0.2, -0.15) is 0 Å². The fourth-order valence-corrected chi connectivity index (χ4v) is 1.14. The lowest BCUT2D eigenvalue weighted by atomic mass is 10.1. The normalized spacial score (nSPS) is 33.6. The summed E-state index contributed by atoms with van der Waals surface area (Å²) in [6, 6.07) is 0.325. The fourth-order valence-electron chi connectivity index (χ4n) is 1.14. The van der Waals surface area contributed by atoms with Crippen molar-refractivity contribution < 1.29 is 4.79 Å². The van der Waals surface area contributed by atoms with Crippen LogP contribution in [-0.4, -0.2) is 24.5 Å². The lowest BCUT2D eigenvalue weighted by molar-refractivity contribution is -0.125. The van der Waals surface area contributed by atoms with Crippen molar-refractivity contribution in [2.45, 2.75) is 32.4 Å². The molecule has 0 aliphatic carbocycles. The Hall–Kier alpha value is -0.570. The van der Waals surface area contributed by atoms with Gasteiger partial charge < -0.3 is 10.6 Å². The Bertz CT molecular complexity index is 136. The molecule has 1 aliphatic heterocycles. The Morgan fingerprint density at radius 2 is 2.40 bits per heavy atom. The van der Waals surface area contributed by atoms with Crippen LogP contribution in [0, 0.1) is 0 Å². The van der Waals surface area contributed by atoms with Crippen LogP contribution in [0.15, 0.2) is 0 Å². The second-order valence-electron chi connectivity index (χ2n) is 2.78. The van der Waals surface area contributed by atoms with Gasteiger partial charge in [0.25, 0.3) is 0 Å². The minimum atomic E-state index is 0.0381. The minimum absolute atomic E-state index is 0.0381. The molecule has 2 unspecified atom stereocenters. The molecule has 2 atom stereocenters. The Kier molecular flexibility index (Phi) is 2.27. The van der Waals surface area contributed by atoms with Gasteiger partial charge in [0.05, 0.1) is 6.04 Å². The molecule has 0 bridgehead atoms. The minimum Gasteiger partial charge on any atom is -0.351 e. The van der Waals surface area contributed by atoms with Crippen molar-refractivity contribution in [2.24, 2.45) is 0 Å². The molecular weight excluding hydrogens is 128 g/mol. The van der Waals surface area contributed by atoms with E-state index < -0.39 is 0 Å². The number of hydrogen-bond acceptors (Lipinski definition) is 2. The number of piperazine rings is 1. The van der Waals surface area contributed by atoms with Crippen LogP contribution in [0.25, 0.3) is 0 Å². The first-order chi connectivity index (χ1) is 4.74. The van der Waals surface area contributed by atoms with Crippen LogP contribution in [0.4, 0.5) is 0 Å². The van der Waals surface area contributed by atoms with Crippen molar-refractivity contribution in [3.05, 3.63) is 0 Å². The van der Waals surface area contributed by atoms with Crippen LogP contribution < -0.4 is 10.6 Å². The van der Waals surface area contributed by atoms with Crippen LogP contribution >= 0.6 is 0 Å². The number of amides is 1. The average molecular weight is 142 g/mol. The van der Waals surface area contributed by atoms with Crippen LogP contribution in [-0.2, 0) is 4.79 Å². The smallest absolute Gasteiger partial charge is 0.237 e. The molecule has 1 fully saturated rings. The molecule has 10 heavy (non-hydrogen) atoms. The molecule has 2 N–H and O–H groups in total. The molecule has 1 rings (SSSR count). The molecule has 0 aromatic carbocycles. The fraction of sp³-hybridized carbons (Fsp3) is 0.857. The Balaban J connectivity index is 2.43. The van der Waals surface area contributed by atoms with E-state index in [0.717, 1.165) is 13.0 Å².